The molecule has 6 aliphatic rings. The third-order valence-corrected chi connectivity index (χ3v) is 24.1. The fourth-order valence-electron chi connectivity index (χ4n) is 10.9. The van der Waals surface area contributed by atoms with Gasteiger partial charge in [0.05, 0.1) is 53.4 Å². The van der Waals surface area contributed by atoms with Gasteiger partial charge in [-0.05, 0) is 215 Å². The number of hydrogen-bond donors (Lipinski definition) is 13. The van der Waals surface area contributed by atoms with E-state index in [1.807, 2.05) is 83.5 Å². The number of aromatic nitrogens is 1. The topological polar surface area (TPSA) is 514 Å². The first-order valence-corrected chi connectivity index (χ1v) is 45.3. The molecule has 2 amide bonds. The van der Waals surface area contributed by atoms with Crippen LogP contribution < -0.4 is 46.5 Å². The number of cyclic esters (lactones) is 1. The van der Waals surface area contributed by atoms with E-state index >= 15 is 0 Å². The quantitative estimate of drug-likeness (QED) is 0.00306. The molecule has 737 valence electrons. The van der Waals surface area contributed by atoms with E-state index in [-0.39, 0.29) is 122 Å². The number of H-pyrrole nitrogens is 1. The number of anilines is 1. The molecule has 6 aliphatic heterocycles. The van der Waals surface area contributed by atoms with Gasteiger partial charge in [0, 0.05) is 82.3 Å². The summed E-state index contributed by atoms with van der Waals surface area (Å²) in [5, 5.41) is 71.7. The standard InChI is InChI=1S/C13H14BrNO2.2C13H13NO2.C9H12BrNO3.C9H13NO3.C8H6FN.C8H8N2.C5H9NO2.2C4H7BrO3.C4H5ClO.CH3F.BHNS.BrH.H3N2O.Na/c1-9-6-10(4-5-11(9)15-3)7-12(16)13(2,17)8-14;2*1-9-6-10(4-5-11(9)14-3)7-12(15)13(2)8-16-13;1-9(5-10)8(13)11-4-2-3-6(11)7(12)14-9;1-6(2)8(11)10-5-3-4-7(10)9(12)13;9-7-1-2-8-6(5-7)3-4-10-8;1-6-5-7(9)3-4-8(6)10-2;7-5(8)4-2-1-3-6-4;2*1-4(8,2-5)3(6)7;1-3(2)4(5)6;1-2;1-2-3;;1-2-3;/h4-6,17H,7-8H2,1-2H3;2*4-6H,7-8H2,1-2H3;6H,2-5H2,1H3;7H,1,3-5H2,2H3,(H,12,13);1-5,10H;3-5H,9H2,1H3;4,6H,1-3H2,(H,7,8);2*8H,2H2,1H3,(H,6,7);1H2,2H3;1H3;3H;1H;3H,1H2;/q;;;;;;;;;;;;;;-1;+1/t3*13-;6-,9+;7-;;;3*4-;;;;;;/m11100..011....../s1/i;;;;;;;;;;;1D;;;;. The molecule has 6 saturated heterocycles. The van der Waals surface area contributed by atoms with Crippen LogP contribution in [0.3, 0.4) is 0 Å². The smallest absolute Gasteiger partial charge is 0.399 e. The van der Waals surface area contributed by atoms with Gasteiger partial charge in [-0.2, -0.15) is 0 Å². The Bertz CT molecular complexity index is 5100. The van der Waals surface area contributed by atoms with Crippen LogP contribution in [-0.2, 0) is 86.2 Å². The number of halogens is 8. The summed E-state index contributed by atoms with van der Waals surface area (Å²) in [6.45, 7) is 57.4. The molecule has 1 radical (unpaired) electrons. The minimum atomic E-state index is -1.62. The number of carboxylic acid groups (broad SMARTS) is 4. The van der Waals surface area contributed by atoms with Crippen molar-refractivity contribution in [2.45, 2.75) is 193 Å². The number of morpholine rings is 1. The zero-order valence-electron chi connectivity index (χ0n) is 78.5. The van der Waals surface area contributed by atoms with Gasteiger partial charge in [0.2, 0.25) is 11.1 Å². The summed E-state index contributed by atoms with van der Waals surface area (Å²) in [6.07, 6.45) is 7.47. The third-order valence-electron chi connectivity index (χ3n) is 19.4. The number of amides is 2. The first kappa shape index (κ1) is 131. The Balaban J connectivity index is -0.000000710. The Morgan fingerprint density at radius 1 is 0.669 bits per heavy atom. The molecule has 7 heterocycles. The summed E-state index contributed by atoms with van der Waals surface area (Å²) in [5.41, 5.74) is 12.2. The van der Waals surface area contributed by atoms with E-state index in [1.165, 1.54) is 37.8 Å². The van der Waals surface area contributed by atoms with E-state index in [9.17, 15) is 66.6 Å². The van der Waals surface area contributed by atoms with E-state index in [4.69, 9.17) is 95.1 Å². The number of carbonyl (C=O) groups is 11. The Labute approximate surface area is 870 Å². The number of carbonyl (C=O) groups excluding carboxylic acids is 7. The molecule has 136 heavy (non-hydrogen) atoms. The first-order chi connectivity index (χ1) is 62.9. The van der Waals surface area contributed by atoms with Crippen molar-refractivity contribution in [1.29, 1.82) is 0 Å². The van der Waals surface area contributed by atoms with Crippen LogP contribution in [0.1, 0.15) is 134 Å². The number of nitrogens with two attached hydrogens (primary N) is 2. The number of nitrogen functional groups attached to an aromatic ring is 1. The van der Waals surface area contributed by atoms with E-state index in [0.29, 0.717) is 90.5 Å². The van der Waals surface area contributed by atoms with E-state index in [0.717, 1.165) is 88.5 Å². The predicted octanol–water partition coefficient (Wildman–Crippen LogP) is 13.0. The summed E-state index contributed by atoms with van der Waals surface area (Å²) in [5.74, 6) is -0.815. The monoisotopic (exact) mass is 2260 g/mol. The van der Waals surface area contributed by atoms with E-state index in [1.54, 1.807) is 80.4 Å². The van der Waals surface area contributed by atoms with Crippen molar-refractivity contribution in [2.24, 2.45) is 10.1 Å². The summed E-state index contributed by atoms with van der Waals surface area (Å²) in [6, 6.07) is 26.8. The van der Waals surface area contributed by atoms with Crippen molar-refractivity contribution < 1.29 is 148 Å². The fourth-order valence-corrected chi connectivity index (χ4v) is 12.1. The molecule has 0 spiro atoms. The van der Waals surface area contributed by atoms with Crippen molar-refractivity contribution in [3.05, 3.63) is 224 Å². The molecule has 0 saturated carbocycles. The van der Waals surface area contributed by atoms with Gasteiger partial charge < -0.3 is 92.4 Å². The second-order valence-electron chi connectivity index (χ2n) is 31.2. The Morgan fingerprint density at radius 3 is 1.37 bits per heavy atom. The SMILES string of the molecule is Br.C=C(C)C(=O)Cl.C=C(C)C(=O)N1CCC[C@H]1C(=O)O.C[C@@](O)(CBr)C(=O)O.C[C@@](O)(CBr)C(=O)O.C[C@]1(CBr)OC(=O)[C@@H]2CCCN2C1=O.Fc1ccc2[nH]ccc2c1.N[N-]O.O=C(O)[C@@H]1CCCN1.[2H]CF.[B]=NS.[C-]#[N+]c1ccc(CC(=O)[C@@]2(C)CO2)cc1C.[C-]#[N+]c1ccc(CC(=O)[C@@]2(C)CO2)cc1C.[C-]#[N+]c1ccc(CC(=O)[C@](C)(O)CBr)cc1C.[C-]#[N+]c1ccc(N)cc1C.[Na+]. The van der Waals surface area contributed by atoms with Crippen molar-refractivity contribution in [3.8, 4) is 0 Å². The van der Waals surface area contributed by atoms with Gasteiger partial charge in [-0.15, -0.1) is 17.0 Å². The predicted molar refractivity (Wildman–Crippen MR) is 534 cm³/mol. The van der Waals surface area contributed by atoms with Crippen LogP contribution in [0.5, 0.6) is 0 Å². The van der Waals surface area contributed by atoms with Crippen LogP contribution >= 0.6 is 105 Å². The zero-order valence-corrected chi connectivity index (χ0v) is 89.2. The Morgan fingerprint density at radius 2 is 1.06 bits per heavy atom. The minimum absolute atomic E-state index is 0. The Kier molecular flexibility index (Phi) is 64.5. The number of ether oxygens (including phenoxy) is 3. The molecule has 6 fully saturated rings. The average Bonchev–Trinajstić information content (AvgIpc) is 1.59. The number of ketones is 3. The van der Waals surface area contributed by atoms with Gasteiger partial charge in [-0.3, -0.25) is 38.0 Å². The van der Waals surface area contributed by atoms with E-state index in [2.05, 4.69) is 137 Å². The number of aliphatic hydroxyl groups is 3. The number of hydrogen-bond acceptors (Lipinski definition) is 23. The van der Waals surface area contributed by atoms with Crippen LogP contribution in [0.2, 0.25) is 0 Å². The number of nitrogens with zero attached hydrogens (tertiary/aromatic N) is 8. The van der Waals surface area contributed by atoms with Crippen molar-refractivity contribution in [1.82, 2.24) is 20.1 Å². The molecule has 6 aromatic rings. The van der Waals surface area contributed by atoms with Gasteiger partial charge in [0.15, 0.2) is 56.9 Å². The number of rotatable bonds is 19. The normalized spacial score (nSPS) is 18.7. The first-order valence-electron chi connectivity index (χ1n) is 40.7. The van der Waals surface area contributed by atoms with Crippen molar-refractivity contribution in [2.75, 3.05) is 67.1 Å². The molecule has 12 rings (SSSR count). The van der Waals surface area contributed by atoms with Crippen LogP contribution in [0, 0.1) is 59.8 Å². The number of Topliss-reactive ketones (excluding diaryl/α,β-unsaturated/α-hetero) is 3. The van der Waals surface area contributed by atoms with Gasteiger partial charge in [0.1, 0.15) is 40.7 Å². The fraction of sp³-hybridized carbons (Fsp3) is 0.440. The average molecular weight is 2270 g/mol. The number of nitrogens with one attached hydrogen (secondary N) is 2. The molecule has 0 bridgehead atoms. The second kappa shape index (κ2) is 66.8. The number of esters is 1. The number of benzene rings is 5. The van der Waals surface area contributed by atoms with Crippen LogP contribution in [0.25, 0.3) is 35.9 Å². The maximum atomic E-state index is 12.5. The molecular weight excluding hydrogens is 2150 g/mol. The van der Waals surface area contributed by atoms with Gasteiger partial charge >= 0.3 is 84.2 Å². The number of aryl methyl sites for hydroxylation is 4. The molecule has 0 unspecified atom stereocenters. The number of thiol groups is 1. The molecule has 9 atom stereocenters. The molecule has 45 heteroatoms. The number of likely N-dealkylation sites (tertiary alicyclic amines) is 1. The number of alkyl halides is 5. The second-order valence-corrected chi connectivity index (χ2v) is 34.0. The van der Waals surface area contributed by atoms with Crippen LogP contribution in [0.4, 0.5) is 37.2 Å². The van der Waals surface area contributed by atoms with Crippen molar-refractivity contribution >= 4 is 216 Å². The molecule has 1 aromatic heterocycles. The molecular formula is C91H115BBr5ClF2N12NaO22S. The maximum absolute atomic E-state index is 12.5. The van der Waals surface area contributed by atoms with E-state index < -0.39 is 75.9 Å². The largest absolute Gasteiger partial charge is 1.00 e. The van der Waals surface area contributed by atoms with Gasteiger partial charge in [-0.25, -0.2) is 42.9 Å². The zero-order chi connectivity index (χ0) is 104. The van der Waals surface area contributed by atoms with Crippen molar-refractivity contribution in [3.63, 3.8) is 0 Å². The van der Waals surface area contributed by atoms with Gasteiger partial charge in [-0.1, -0.05) is 138 Å². The summed E-state index contributed by atoms with van der Waals surface area (Å²) in [7, 11) is 3.34. The number of aromatic amines is 1. The third kappa shape index (κ3) is 48.2. The number of carboxylic acids is 4. The number of aliphatic carboxylic acids is 4. The molecule has 5 aromatic carbocycles. The van der Waals surface area contributed by atoms with Gasteiger partial charge in [0.25, 0.3) is 5.91 Å². The Hall–Kier alpha value is -8.75. The summed E-state index contributed by atoms with van der Waals surface area (Å²) >= 11 is 20.1. The number of fused-ring (bicyclic) bond motifs is 2. The minimum Gasteiger partial charge on any atom is -0.399 e. The molecule has 14 N–H and O–H groups in total. The summed E-state index contributed by atoms with van der Waals surface area (Å²) in [4.78, 5) is 140. The van der Waals surface area contributed by atoms with Crippen LogP contribution in [0.15, 0.2) is 132 Å². The molecule has 0 aliphatic carbocycles. The maximum Gasteiger partial charge on any atom is 1.00 e. The van der Waals surface area contributed by atoms with Crippen LogP contribution in [-0.4, -0.2) is 241 Å². The molecule has 34 nitrogen and oxygen atoms in total. The number of epoxide rings is 2. The summed E-state index contributed by atoms with van der Waals surface area (Å²) < 4.78 is 46.1. The number of allylic oxidation sites excluding steroid dienone is 1.